The second-order valence-electron chi connectivity index (χ2n) is 4.76. The lowest BCUT2D eigenvalue weighted by molar-refractivity contribution is -0.704. The fourth-order valence-corrected chi connectivity index (χ4v) is 2.24. The molecule has 5 heteroatoms. The third-order valence-electron chi connectivity index (χ3n) is 3.13. The Morgan fingerprint density at radius 1 is 1.10 bits per heavy atom. The van der Waals surface area contributed by atoms with Crippen LogP contribution in [0.2, 0.25) is 0 Å². The van der Waals surface area contributed by atoms with Crippen LogP contribution in [0.25, 0.3) is 0 Å². The van der Waals surface area contributed by atoms with Crippen molar-refractivity contribution in [3.63, 3.8) is 0 Å². The van der Waals surface area contributed by atoms with E-state index in [1.54, 1.807) is 36.7 Å². The van der Waals surface area contributed by atoms with Gasteiger partial charge in [0.25, 0.3) is 0 Å². The number of Topliss-reactive ketones (excluding diaryl/α,β-unsaturated/α-hetero) is 1. The van der Waals surface area contributed by atoms with E-state index in [0.717, 1.165) is 4.47 Å². The van der Waals surface area contributed by atoms with Crippen LogP contribution in [0.4, 0.5) is 5.69 Å². The number of benzene rings is 1. The number of pyridine rings is 1. The second-order valence-corrected chi connectivity index (χ2v) is 5.68. The molecule has 1 N–H and O–H groups in total. The Kier molecular flexibility index (Phi) is 4.85. The molecule has 1 heterocycles. The number of aromatic nitrogens is 1. The minimum absolute atomic E-state index is 0.0415. The molecule has 108 valence electrons. The van der Waals surface area contributed by atoms with Crippen LogP contribution in [0.5, 0.6) is 0 Å². The van der Waals surface area contributed by atoms with Gasteiger partial charge in [0.15, 0.2) is 12.4 Å². The standard InChI is InChI=1S/C16H15BrN2O2/c1-11(16(21)13-3-5-14(17)6-4-13)19-9-7-15(8-10-19)18-12(2)20/h3-11H,1-2H3/p+1/t11-/m0/s1. The van der Waals surface area contributed by atoms with Crippen molar-refractivity contribution in [3.05, 3.63) is 58.8 Å². The van der Waals surface area contributed by atoms with Crippen molar-refractivity contribution in [1.82, 2.24) is 0 Å². The first-order valence-corrected chi connectivity index (χ1v) is 7.35. The number of nitrogens with zero attached hydrogens (tertiary/aromatic N) is 1. The molecule has 1 atom stereocenters. The molecule has 0 unspecified atom stereocenters. The third kappa shape index (κ3) is 3.98. The Bertz CT molecular complexity index is 651. The van der Waals surface area contributed by atoms with Gasteiger partial charge >= 0.3 is 0 Å². The van der Waals surface area contributed by atoms with Gasteiger partial charge in [0, 0.05) is 36.0 Å². The summed E-state index contributed by atoms with van der Waals surface area (Å²) in [4.78, 5) is 23.4. The molecule has 0 radical (unpaired) electrons. The Balaban J connectivity index is 2.15. The molecule has 0 aliphatic carbocycles. The molecule has 0 saturated carbocycles. The van der Waals surface area contributed by atoms with Gasteiger partial charge in [0.05, 0.1) is 5.69 Å². The van der Waals surface area contributed by atoms with Gasteiger partial charge in [0.2, 0.25) is 17.7 Å². The van der Waals surface area contributed by atoms with E-state index in [9.17, 15) is 9.59 Å². The normalized spacial score (nSPS) is 11.8. The summed E-state index contributed by atoms with van der Waals surface area (Å²) in [6, 6.07) is 10.5. The molecule has 21 heavy (non-hydrogen) atoms. The Morgan fingerprint density at radius 3 is 2.19 bits per heavy atom. The number of carbonyl (C=O) groups is 2. The number of carbonyl (C=O) groups excluding carboxylic acids is 2. The molecule has 0 aliphatic heterocycles. The van der Waals surface area contributed by atoms with E-state index >= 15 is 0 Å². The molecule has 1 amide bonds. The van der Waals surface area contributed by atoms with E-state index in [1.165, 1.54) is 6.92 Å². The maximum atomic E-state index is 12.4. The lowest BCUT2D eigenvalue weighted by Gasteiger charge is -2.07. The average Bonchev–Trinajstić information content (AvgIpc) is 2.47. The molecular weight excluding hydrogens is 332 g/mol. The average molecular weight is 348 g/mol. The predicted molar refractivity (Wildman–Crippen MR) is 84.1 cm³/mol. The number of halogens is 1. The minimum atomic E-state index is -0.308. The number of rotatable bonds is 4. The maximum absolute atomic E-state index is 12.4. The van der Waals surface area contributed by atoms with Crippen molar-refractivity contribution in [1.29, 1.82) is 0 Å². The van der Waals surface area contributed by atoms with Crippen LogP contribution in [0, 0.1) is 0 Å². The van der Waals surface area contributed by atoms with Crippen LogP contribution < -0.4 is 9.88 Å². The van der Waals surface area contributed by atoms with Gasteiger partial charge < -0.3 is 5.32 Å². The van der Waals surface area contributed by atoms with E-state index in [1.807, 2.05) is 23.6 Å². The number of ketones is 1. The van der Waals surface area contributed by atoms with Crippen LogP contribution >= 0.6 is 15.9 Å². The molecule has 0 saturated heterocycles. The summed E-state index contributed by atoms with van der Waals surface area (Å²) in [5.74, 6) is -0.0773. The summed E-state index contributed by atoms with van der Waals surface area (Å²) >= 11 is 3.35. The number of amides is 1. The monoisotopic (exact) mass is 347 g/mol. The summed E-state index contributed by atoms with van der Waals surface area (Å²) in [5, 5.41) is 2.70. The zero-order valence-electron chi connectivity index (χ0n) is 11.8. The van der Waals surface area contributed by atoms with Gasteiger partial charge in [-0.05, 0) is 12.1 Å². The minimum Gasteiger partial charge on any atom is -0.326 e. The first-order valence-electron chi connectivity index (χ1n) is 6.55. The predicted octanol–water partition coefficient (Wildman–Crippen LogP) is 3.14. The highest BCUT2D eigenvalue weighted by Gasteiger charge is 2.23. The zero-order valence-corrected chi connectivity index (χ0v) is 13.4. The van der Waals surface area contributed by atoms with Gasteiger partial charge in [-0.1, -0.05) is 28.1 Å². The fraction of sp³-hybridized carbons (Fsp3) is 0.188. The van der Waals surface area contributed by atoms with Crippen molar-refractivity contribution >= 4 is 33.3 Å². The molecule has 0 spiro atoms. The van der Waals surface area contributed by atoms with Crippen LogP contribution in [0.3, 0.4) is 0 Å². The van der Waals surface area contributed by atoms with Crippen LogP contribution in [-0.4, -0.2) is 11.7 Å². The van der Waals surface area contributed by atoms with Crippen molar-refractivity contribution in [2.45, 2.75) is 19.9 Å². The van der Waals surface area contributed by atoms with Crippen LogP contribution in [0.1, 0.15) is 30.2 Å². The smallest absolute Gasteiger partial charge is 0.230 e. The van der Waals surface area contributed by atoms with Crippen molar-refractivity contribution in [2.75, 3.05) is 5.32 Å². The number of nitrogens with one attached hydrogen (secondary N) is 1. The molecule has 0 fully saturated rings. The summed E-state index contributed by atoms with van der Waals surface area (Å²) in [6.45, 7) is 3.31. The van der Waals surface area contributed by atoms with Gasteiger partial charge in [-0.2, -0.15) is 4.57 Å². The number of hydrogen-bond donors (Lipinski definition) is 1. The molecular formula is C16H16BrN2O2+. The molecule has 2 rings (SSSR count). The lowest BCUT2D eigenvalue weighted by Crippen LogP contribution is -2.41. The zero-order chi connectivity index (χ0) is 15.4. The molecule has 4 nitrogen and oxygen atoms in total. The van der Waals surface area contributed by atoms with Gasteiger partial charge in [0.1, 0.15) is 0 Å². The largest absolute Gasteiger partial charge is 0.326 e. The van der Waals surface area contributed by atoms with E-state index in [0.29, 0.717) is 11.3 Å². The van der Waals surface area contributed by atoms with Gasteiger partial charge in [-0.25, -0.2) is 0 Å². The summed E-state index contributed by atoms with van der Waals surface area (Å²) in [5.41, 5.74) is 1.38. The van der Waals surface area contributed by atoms with E-state index < -0.39 is 0 Å². The molecule has 1 aromatic heterocycles. The molecule has 1 aromatic carbocycles. The summed E-state index contributed by atoms with van der Waals surface area (Å²) < 4.78 is 2.76. The summed E-state index contributed by atoms with van der Waals surface area (Å²) in [7, 11) is 0. The first-order chi connectivity index (χ1) is 9.97. The third-order valence-corrected chi connectivity index (χ3v) is 3.66. The van der Waals surface area contributed by atoms with Crippen molar-refractivity contribution in [3.8, 4) is 0 Å². The van der Waals surface area contributed by atoms with Crippen molar-refractivity contribution < 1.29 is 14.2 Å². The highest BCUT2D eigenvalue weighted by Crippen LogP contribution is 2.14. The molecule has 2 aromatic rings. The molecule has 0 bridgehead atoms. The van der Waals surface area contributed by atoms with Crippen LogP contribution in [-0.2, 0) is 4.79 Å². The maximum Gasteiger partial charge on any atom is 0.230 e. The highest BCUT2D eigenvalue weighted by molar-refractivity contribution is 9.10. The van der Waals surface area contributed by atoms with Crippen LogP contribution in [0.15, 0.2) is 53.3 Å². The lowest BCUT2D eigenvalue weighted by atomic mass is 10.1. The van der Waals surface area contributed by atoms with Gasteiger partial charge in [-0.3, -0.25) is 9.59 Å². The number of hydrogen-bond acceptors (Lipinski definition) is 2. The van der Waals surface area contributed by atoms with E-state index in [2.05, 4.69) is 21.2 Å². The topological polar surface area (TPSA) is 50.1 Å². The quantitative estimate of drug-likeness (QED) is 0.682. The Hall–Kier alpha value is -2.01. The fourth-order valence-electron chi connectivity index (χ4n) is 1.97. The van der Waals surface area contributed by atoms with E-state index in [4.69, 9.17) is 0 Å². The van der Waals surface area contributed by atoms with Crippen molar-refractivity contribution in [2.24, 2.45) is 0 Å². The van der Waals surface area contributed by atoms with Gasteiger partial charge in [-0.15, -0.1) is 0 Å². The SMILES string of the molecule is CC(=O)Nc1cc[n+]([C@@H](C)C(=O)c2ccc(Br)cc2)cc1. The first kappa shape index (κ1) is 15.4. The molecule has 0 aliphatic rings. The van der Waals surface area contributed by atoms with E-state index in [-0.39, 0.29) is 17.7 Å². The summed E-state index contributed by atoms with van der Waals surface area (Å²) in [6.07, 6.45) is 3.57. The Labute approximate surface area is 131 Å². The Morgan fingerprint density at radius 2 is 1.67 bits per heavy atom. The number of anilines is 1. The highest BCUT2D eigenvalue weighted by atomic mass is 79.9. The second kappa shape index (κ2) is 6.63.